The second-order valence-electron chi connectivity index (χ2n) is 7.58. The van der Waals surface area contributed by atoms with Crippen molar-refractivity contribution in [2.45, 2.75) is 78.4 Å². The third-order valence-corrected chi connectivity index (χ3v) is 4.69. The molecule has 1 aliphatic rings. The zero-order valence-corrected chi connectivity index (χ0v) is 14.3. The van der Waals surface area contributed by atoms with Crippen molar-refractivity contribution in [2.24, 2.45) is 17.1 Å². The van der Waals surface area contributed by atoms with Crippen LogP contribution in [0.4, 0.5) is 0 Å². The van der Waals surface area contributed by atoms with Crippen molar-refractivity contribution in [3.05, 3.63) is 0 Å². The first-order valence-corrected chi connectivity index (χ1v) is 8.43. The van der Waals surface area contributed by atoms with Crippen LogP contribution in [0.5, 0.6) is 0 Å². The highest BCUT2D eigenvalue weighted by Crippen LogP contribution is 2.27. The number of carbonyl (C=O) groups is 1. The maximum atomic E-state index is 11.8. The molecule has 3 N–H and O–H groups in total. The summed E-state index contributed by atoms with van der Waals surface area (Å²) in [7, 11) is 0. The van der Waals surface area contributed by atoms with Gasteiger partial charge in [-0.2, -0.15) is 0 Å². The number of nitrogens with one attached hydrogen (secondary N) is 1. The van der Waals surface area contributed by atoms with Crippen LogP contribution in [0.3, 0.4) is 0 Å². The maximum Gasteiger partial charge on any atom is 0.220 e. The number of ether oxygens (including phenoxy) is 1. The van der Waals surface area contributed by atoms with Gasteiger partial charge in [-0.25, -0.2) is 0 Å². The van der Waals surface area contributed by atoms with Crippen molar-refractivity contribution in [1.29, 1.82) is 0 Å². The summed E-state index contributed by atoms with van der Waals surface area (Å²) in [4.78, 5) is 11.8. The molecule has 1 aliphatic carbocycles. The lowest BCUT2D eigenvalue weighted by molar-refractivity contribution is -0.122. The monoisotopic (exact) mass is 298 g/mol. The molecule has 124 valence electrons. The van der Waals surface area contributed by atoms with E-state index in [2.05, 4.69) is 33.0 Å². The van der Waals surface area contributed by atoms with Crippen molar-refractivity contribution in [1.82, 2.24) is 5.32 Å². The first kappa shape index (κ1) is 18.4. The van der Waals surface area contributed by atoms with Gasteiger partial charge in [0.1, 0.15) is 0 Å². The van der Waals surface area contributed by atoms with Gasteiger partial charge in [0, 0.05) is 25.6 Å². The minimum Gasteiger partial charge on any atom is -0.378 e. The van der Waals surface area contributed by atoms with E-state index in [9.17, 15) is 4.79 Å². The molecule has 1 saturated carbocycles. The molecule has 0 aromatic carbocycles. The quantitative estimate of drug-likeness (QED) is 0.710. The number of amides is 1. The van der Waals surface area contributed by atoms with Crippen molar-refractivity contribution >= 4 is 5.91 Å². The molecule has 1 amide bonds. The van der Waals surface area contributed by atoms with Gasteiger partial charge in [-0.3, -0.25) is 4.79 Å². The minimum atomic E-state index is 0.154. The Labute approximate surface area is 130 Å². The smallest absolute Gasteiger partial charge is 0.220 e. The zero-order valence-electron chi connectivity index (χ0n) is 14.3. The van der Waals surface area contributed by atoms with E-state index in [1.807, 2.05) is 0 Å². The number of rotatable bonds is 7. The van der Waals surface area contributed by atoms with Crippen LogP contribution >= 0.6 is 0 Å². The van der Waals surface area contributed by atoms with E-state index < -0.39 is 0 Å². The van der Waals surface area contributed by atoms with Crippen molar-refractivity contribution in [2.75, 3.05) is 13.2 Å². The summed E-state index contributed by atoms with van der Waals surface area (Å²) in [5, 5.41) is 2.99. The number of carbonyl (C=O) groups excluding carboxylic acids is 1. The molecule has 1 fully saturated rings. The zero-order chi connectivity index (χ0) is 15.9. The lowest BCUT2D eigenvalue weighted by Gasteiger charge is -2.27. The normalized spacial score (nSPS) is 24.6. The highest BCUT2D eigenvalue weighted by molar-refractivity contribution is 5.76. The van der Waals surface area contributed by atoms with Gasteiger partial charge in [0.05, 0.1) is 6.10 Å². The fourth-order valence-corrected chi connectivity index (χ4v) is 2.46. The molecule has 0 aliphatic heterocycles. The van der Waals surface area contributed by atoms with Gasteiger partial charge in [0.15, 0.2) is 0 Å². The first-order valence-electron chi connectivity index (χ1n) is 8.43. The Morgan fingerprint density at radius 3 is 2.48 bits per heavy atom. The van der Waals surface area contributed by atoms with Crippen molar-refractivity contribution < 1.29 is 9.53 Å². The molecule has 21 heavy (non-hydrogen) atoms. The van der Waals surface area contributed by atoms with Gasteiger partial charge in [-0.1, -0.05) is 27.7 Å². The molecule has 4 heteroatoms. The fourth-order valence-electron chi connectivity index (χ4n) is 2.46. The number of nitrogens with two attached hydrogens (primary N) is 1. The molecule has 0 bridgehead atoms. The second kappa shape index (κ2) is 8.74. The van der Waals surface area contributed by atoms with E-state index in [0.29, 0.717) is 31.0 Å². The summed E-state index contributed by atoms with van der Waals surface area (Å²) in [6.07, 6.45) is 6.18. The second-order valence-corrected chi connectivity index (χ2v) is 7.58. The van der Waals surface area contributed by atoms with E-state index in [4.69, 9.17) is 10.5 Å². The van der Waals surface area contributed by atoms with Gasteiger partial charge in [0.2, 0.25) is 5.91 Å². The molecule has 4 nitrogen and oxygen atoms in total. The van der Waals surface area contributed by atoms with Gasteiger partial charge >= 0.3 is 0 Å². The van der Waals surface area contributed by atoms with Crippen LogP contribution in [0.2, 0.25) is 0 Å². The highest BCUT2D eigenvalue weighted by Gasteiger charge is 2.22. The topological polar surface area (TPSA) is 64.3 Å². The van der Waals surface area contributed by atoms with Crippen molar-refractivity contribution in [3.8, 4) is 0 Å². The van der Waals surface area contributed by atoms with Gasteiger partial charge < -0.3 is 15.8 Å². The van der Waals surface area contributed by atoms with E-state index in [1.54, 1.807) is 0 Å². The third-order valence-electron chi connectivity index (χ3n) is 4.69. The average Bonchev–Trinajstić information content (AvgIpc) is 2.39. The molecule has 0 aromatic rings. The predicted octanol–water partition coefficient (Wildman–Crippen LogP) is 2.85. The summed E-state index contributed by atoms with van der Waals surface area (Å²) in [5.74, 6) is 0.543. The van der Waals surface area contributed by atoms with Crippen LogP contribution in [-0.4, -0.2) is 31.2 Å². The fraction of sp³-hybridized carbons (Fsp3) is 0.941. The molecule has 1 rings (SSSR count). The van der Waals surface area contributed by atoms with Crippen molar-refractivity contribution in [3.63, 3.8) is 0 Å². The Morgan fingerprint density at radius 1 is 1.29 bits per heavy atom. The van der Waals surface area contributed by atoms with Crippen LogP contribution < -0.4 is 11.1 Å². The lowest BCUT2D eigenvalue weighted by Crippen LogP contribution is -2.32. The Morgan fingerprint density at radius 2 is 1.90 bits per heavy atom. The largest absolute Gasteiger partial charge is 0.378 e. The Kier molecular flexibility index (Phi) is 7.67. The molecular formula is C17H34N2O2. The van der Waals surface area contributed by atoms with Gasteiger partial charge in [-0.15, -0.1) is 0 Å². The molecule has 1 unspecified atom stereocenters. The van der Waals surface area contributed by atoms with E-state index in [-0.39, 0.29) is 11.3 Å². The molecule has 1 atom stereocenters. The molecular weight excluding hydrogens is 264 g/mol. The molecule has 0 heterocycles. The Hall–Kier alpha value is -0.610. The summed E-state index contributed by atoms with van der Waals surface area (Å²) in [5.41, 5.74) is 6.06. The SMILES string of the molecule is CC(CC(=O)NCCCOC1CCC(N)CC1)C(C)(C)C. The molecule has 0 aromatic heterocycles. The number of hydrogen-bond donors (Lipinski definition) is 2. The van der Waals surface area contributed by atoms with E-state index >= 15 is 0 Å². The number of hydrogen-bond acceptors (Lipinski definition) is 3. The van der Waals surface area contributed by atoms with Crippen LogP contribution in [0, 0.1) is 11.3 Å². The first-order chi connectivity index (χ1) is 9.79. The predicted molar refractivity (Wildman–Crippen MR) is 87.0 cm³/mol. The molecule has 0 radical (unpaired) electrons. The highest BCUT2D eigenvalue weighted by atomic mass is 16.5. The van der Waals surface area contributed by atoms with Gasteiger partial charge in [0.25, 0.3) is 0 Å². The summed E-state index contributed by atoms with van der Waals surface area (Å²) in [6.45, 7) is 10.1. The summed E-state index contributed by atoms with van der Waals surface area (Å²) < 4.78 is 5.84. The molecule has 0 spiro atoms. The minimum absolute atomic E-state index is 0.154. The molecule has 0 saturated heterocycles. The standard InChI is InChI=1S/C17H34N2O2/c1-13(17(2,3)4)12-16(20)19-10-5-11-21-15-8-6-14(18)7-9-15/h13-15H,5-12,18H2,1-4H3,(H,19,20). The summed E-state index contributed by atoms with van der Waals surface area (Å²) >= 11 is 0. The van der Waals surface area contributed by atoms with E-state index in [0.717, 1.165) is 38.7 Å². The maximum absolute atomic E-state index is 11.8. The van der Waals surface area contributed by atoms with Crippen LogP contribution in [0.15, 0.2) is 0 Å². The summed E-state index contributed by atoms with van der Waals surface area (Å²) in [6, 6.07) is 0.369. The van der Waals surface area contributed by atoms with E-state index in [1.165, 1.54) is 0 Å². The van der Waals surface area contributed by atoms with Gasteiger partial charge in [-0.05, 0) is 43.4 Å². The van der Waals surface area contributed by atoms with Crippen LogP contribution in [-0.2, 0) is 9.53 Å². The van der Waals surface area contributed by atoms with Crippen LogP contribution in [0.25, 0.3) is 0 Å². The Bertz CT molecular complexity index is 304. The Balaban J connectivity index is 2.02. The third kappa shape index (κ3) is 7.82. The van der Waals surface area contributed by atoms with Crippen LogP contribution in [0.1, 0.15) is 66.2 Å². The lowest BCUT2D eigenvalue weighted by atomic mass is 9.80. The average molecular weight is 298 g/mol.